The van der Waals surface area contributed by atoms with Gasteiger partial charge in [0.2, 0.25) is 11.8 Å². The zero-order valence-electron chi connectivity index (χ0n) is 14.2. The first kappa shape index (κ1) is 18.0. The smallest absolute Gasteiger partial charge is 0.233 e. The Morgan fingerprint density at radius 2 is 1.88 bits per heavy atom. The summed E-state index contributed by atoms with van der Waals surface area (Å²) < 4.78 is 0. The summed E-state index contributed by atoms with van der Waals surface area (Å²) in [5.74, 6) is -0.538. The van der Waals surface area contributed by atoms with Crippen molar-refractivity contribution in [3.63, 3.8) is 0 Å². The van der Waals surface area contributed by atoms with Gasteiger partial charge in [-0.1, -0.05) is 39.0 Å². The monoisotopic (exact) mass is 330 g/mol. The SMILES string of the molecule is CCCCCCCCNC(=O)CC(=O)Nc1ccc2[nH]ncc2c1. The standard InChI is InChI=1S/C18H26N4O2/c1-2-3-4-5-6-7-10-19-17(23)12-18(24)21-15-8-9-16-14(11-15)13-20-22-16/h8-9,11,13H,2-7,10,12H2,1H3,(H,19,23)(H,20,22)(H,21,24). The van der Waals surface area contributed by atoms with E-state index in [1.54, 1.807) is 12.3 Å². The number of fused-ring (bicyclic) bond motifs is 1. The molecule has 0 saturated heterocycles. The fraction of sp³-hybridized carbons (Fsp3) is 0.500. The zero-order valence-corrected chi connectivity index (χ0v) is 14.2. The number of benzene rings is 1. The van der Waals surface area contributed by atoms with Crippen molar-refractivity contribution in [3.8, 4) is 0 Å². The van der Waals surface area contributed by atoms with E-state index in [2.05, 4.69) is 27.8 Å². The van der Waals surface area contributed by atoms with Crippen LogP contribution < -0.4 is 10.6 Å². The average molecular weight is 330 g/mol. The highest BCUT2D eigenvalue weighted by atomic mass is 16.2. The molecule has 24 heavy (non-hydrogen) atoms. The van der Waals surface area contributed by atoms with E-state index < -0.39 is 0 Å². The molecule has 0 spiro atoms. The van der Waals surface area contributed by atoms with Crippen LogP contribution in [-0.4, -0.2) is 28.6 Å². The van der Waals surface area contributed by atoms with Gasteiger partial charge in [0.25, 0.3) is 0 Å². The molecule has 0 saturated carbocycles. The highest BCUT2D eigenvalue weighted by Crippen LogP contribution is 2.16. The maximum Gasteiger partial charge on any atom is 0.233 e. The van der Waals surface area contributed by atoms with Gasteiger partial charge in [0, 0.05) is 17.6 Å². The van der Waals surface area contributed by atoms with Crippen molar-refractivity contribution in [1.29, 1.82) is 0 Å². The number of carbonyl (C=O) groups excluding carboxylic acids is 2. The molecule has 3 N–H and O–H groups in total. The molecule has 0 aliphatic carbocycles. The van der Waals surface area contributed by atoms with Gasteiger partial charge < -0.3 is 10.6 Å². The molecule has 0 unspecified atom stereocenters. The van der Waals surface area contributed by atoms with Crippen LogP contribution in [0.25, 0.3) is 10.9 Å². The van der Waals surface area contributed by atoms with Gasteiger partial charge in [-0.2, -0.15) is 5.10 Å². The summed E-state index contributed by atoms with van der Waals surface area (Å²) >= 11 is 0. The molecule has 1 aromatic heterocycles. The second-order valence-corrected chi connectivity index (χ2v) is 6.01. The van der Waals surface area contributed by atoms with Crippen molar-refractivity contribution in [2.75, 3.05) is 11.9 Å². The van der Waals surface area contributed by atoms with Crippen LogP contribution in [0.5, 0.6) is 0 Å². The van der Waals surface area contributed by atoms with Crippen molar-refractivity contribution in [1.82, 2.24) is 15.5 Å². The Morgan fingerprint density at radius 3 is 2.71 bits per heavy atom. The normalized spacial score (nSPS) is 10.7. The number of anilines is 1. The fourth-order valence-corrected chi connectivity index (χ4v) is 2.57. The molecule has 0 atom stereocenters. The van der Waals surface area contributed by atoms with Crippen LogP contribution in [0.15, 0.2) is 24.4 Å². The summed E-state index contributed by atoms with van der Waals surface area (Å²) in [6.45, 7) is 2.83. The molecule has 1 aromatic carbocycles. The first-order valence-corrected chi connectivity index (χ1v) is 8.68. The molecule has 0 radical (unpaired) electrons. The molecule has 0 fully saturated rings. The third-order valence-corrected chi connectivity index (χ3v) is 3.90. The van der Waals surface area contributed by atoms with Crippen molar-refractivity contribution in [2.45, 2.75) is 51.9 Å². The Morgan fingerprint density at radius 1 is 1.08 bits per heavy atom. The molecule has 0 aliphatic rings. The number of hydrogen-bond donors (Lipinski definition) is 3. The Hall–Kier alpha value is -2.37. The molecule has 2 rings (SSSR count). The number of nitrogens with zero attached hydrogens (tertiary/aromatic N) is 1. The lowest BCUT2D eigenvalue weighted by molar-refractivity contribution is -0.126. The highest BCUT2D eigenvalue weighted by Gasteiger charge is 2.09. The molecular weight excluding hydrogens is 304 g/mol. The first-order chi connectivity index (χ1) is 11.7. The predicted molar refractivity (Wildman–Crippen MR) is 95.7 cm³/mol. The van der Waals surface area contributed by atoms with E-state index in [4.69, 9.17) is 0 Å². The number of H-pyrrole nitrogens is 1. The van der Waals surface area contributed by atoms with Gasteiger partial charge in [0.15, 0.2) is 0 Å². The Bertz CT molecular complexity index is 666. The number of nitrogens with one attached hydrogen (secondary N) is 3. The molecule has 6 heteroatoms. The van der Waals surface area contributed by atoms with Crippen LogP contribution in [0.4, 0.5) is 5.69 Å². The van der Waals surface area contributed by atoms with Crippen LogP contribution in [0.1, 0.15) is 51.9 Å². The Kier molecular flexibility index (Phi) is 7.26. The van der Waals surface area contributed by atoms with Gasteiger partial charge in [-0.3, -0.25) is 14.7 Å². The van der Waals surface area contributed by atoms with Crippen LogP contribution in [0.2, 0.25) is 0 Å². The van der Waals surface area contributed by atoms with Crippen LogP contribution >= 0.6 is 0 Å². The summed E-state index contributed by atoms with van der Waals surface area (Å²) in [5, 5.41) is 13.2. The minimum absolute atomic E-state index is 0.154. The molecule has 130 valence electrons. The van der Waals surface area contributed by atoms with Crippen LogP contribution in [0, 0.1) is 0 Å². The lowest BCUT2D eigenvalue weighted by Crippen LogP contribution is -2.28. The molecule has 0 aliphatic heterocycles. The molecule has 6 nitrogen and oxygen atoms in total. The lowest BCUT2D eigenvalue weighted by Gasteiger charge is -2.07. The number of rotatable bonds is 10. The summed E-state index contributed by atoms with van der Waals surface area (Å²) in [6.07, 6.45) is 8.61. The summed E-state index contributed by atoms with van der Waals surface area (Å²) in [4.78, 5) is 23.7. The van der Waals surface area contributed by atoms with Gasteiger partial charge in [-0.05, 0) is 24.6 Å². The van der Waals surface area contributed by atoms with Gasteiger partial charge in [0.1, 0.15) is 6.42 Å². The van der Waals surface area contributed by atoms with E-state index in [0.29, 0.717) is 12.2 Å². The number of aromatic nitrogens is 2. The van der Waals surface area contributed by atoms with Crippen molar-refractivity contribution >= 4 is 28.4 Å². The maximum absolute atomic E-state index is 11.9. The summed E-state index contributed by atoms with van der Waals surface area (Å²) in [7, 11) is 0. The number of carbonyl (C=O) groups is 2. The Labute approximate surface area is 142 Å². The van der Waals surface area contributed by atoms with Crippen molar-refractivity contribution < 1.29 is 9.59 Å². The summed E-state index contributed by atoms with van der Waals surface area (Å²) in [5.41, 5.74) is 1.57. The average Bonchev–Trinajstić information content (AvgIpc) is 3.01. The van der Waals surface area contributed by atoms with E-state index in [1.165, 1.54) is 25.7 Å². The quantitative estimate of drug-likeness (QED) is 0.461. The zero-order chi connectivity index (χ0) is 17.2. The second kappa shape index (κ2) is 9.70. The molecule has 2 amide bonds. The highest BCUT2D eigenvalue weighted by molar-refractivity contribution is 6.04. The van der Waals surface area contributed by atoms with Crippen LogP contribution in [-0.2, 0) is 9.59 Å². The van der Waals surface area contributed by atoms with E-state index in [9.17, 15) is 9.59 Å². The predicted octanol–water partition coefficient (Wildman–Crippen LogP) is 3.37. The third kappa shape index (κ3) is 6.02. The lowest BCUT2D eigenvalue weighted by atomic mass is 10.1. The van der Waals surface area contributed by atoms with Gasteiger partial charge in [-0.15, -0.1) is 0 Å². The topological polar surface area (TPSA) is 86.9 Å². The van der Waals surface area contributed by atoms with Crippen molar-refractivity contribution in [3.05, 3.63) is 24.4 Å². The summed E-state index contributed by atoms with van der Waals surface area (Å²) in [6, 6.07) is 5.45. The minimum atomic E-state index is -0.307. The van der Waals surface area contributed by atoms with Gasteiger partial charge in [0.05, 0.1) is 11.7 Å². The fourth-order valence-electron chi connectivity index (χ4n) is 2.57. The number of hydrogen-bond acceptors (Lipinski definition) is 3. The molecule has 0 bridgehead atoms. The first-order valence-electron chi connectivity index (χ1n) is 8.68. The van der Waals surface area contributed by atoms with E-state index in [0.717, 1.165) is 23.7 Å². The third-order valence-electron chi connectivity index (χ3n) is 3.90. The molecular formula is C18H26N4O2. The van der Waals surface area contributed by atoms with E-state index in [-0.39, 0.29) is 18.2 Å². The minimum Gasteiger partial charge on any atom is -0.356 e. The largest absolute Gasteiger partial charge is 0.356 e. The number of amides is 2. The maximum atomic E-state index is 11.9. The second-order valence-electron chi connectivity index (χ2n) is 6.01. The van der Waals surface area contributed by atoms with E-state index in [1.807, 2.05) is 12.1 Å². The van der Waals surface area contributed by atoms with Gasteiger partial charge in [-0.25, -0.2) is 0 Å². The molecule has 2 aromatic rings. The number of aromatic amines is 1. The number of unbranched alkanes of at least 4 members (excludes halogenated alkanes) is 5. The molecule has 1 heterocycles. The van der Waals surface area contributed by atoms with Gasteiger partial charge >= 0.3 is 0 Å². The van der Waals surface area contributed by atoms with Crippen molar-refractivity contribution in [2.24, 2.45) is 0 Å². The van der Waals surface area contributed by atoms with E-state index >= 15 is 0 Å². The van der Waals surface area contributed by atoms with Crippen LogP contribution in [0.3, 0.4) is 0 Å². The Balaban J connectivity index is 1.63.